The summed E-state index contributed by atoms with van der Waals surface area (Å²) in [4.78, 5) is 14.8. The van der Waals surface area contributed by atoms with Crippen LogP contribution in [0.1, 0.15) is 73.5 Å². The Hall–Kier alpha value is -2.11. The Morgan fingerprint density at radius 2 is 2.16 bits per heavy atom. The summed E-state index contributed by atoms with van der Waals surface area (Å²) >= 11 is 0. The van der Waals surface area contributed by atoms with Crippen molar-refractivity contribution in [2.75, 3.05) is 6.54 Å². The minimum Gasteiger partial charge on any atom is -0.361 e. The molecule has 1 atom stereocenters. The first-order valence-electron chi connectivity index (χ1n) is 9.13. The van der Waals surface area contributed by atoms with E-state index in [1.807, 2.05) is 29.6 Å². The van der Waals surface area contributed by atoms with E-state index in [1.165, 1.54) is 5.56 Å². The molecule has 0 spiro atoms. The lowest BCUT2D eigenvalue weighted by molar-refractivity contribution is -0.132. The monoisotopic (exact) mass is 344 g/mol. The maximum absolute atomic E-state index is 12.8. The summed E-state index contributed by atoms with van der Waals surface area (Å²) in [5.74, 6) is 1.39. The van der Waals surface area contributed by atoms with E-state index in [0.29, 0.717) is 12.3 Å². The average Bonchev–Trinajstić information content (AvgIpc) is 3.26. The molecule has 3 heterocycles. The van der Waals surface area contributed by atoms with Crippen molar-refractivity contribution in [2.45, 2.75) is 65.3 Å². The SMILES string of the molecule is Cc1nn(C)c(C)c1CCC(=O)N1CCC[C@H]1c1cc(C(C)C)on1. The van der Waals surface area contributed by atoms with Gasteiger partial charge in [0.1, 0.15) is 11.5 Å². The molecule has 0 aromatic carbocycles. The fourth-order valence-corrected chi connectivity index (χ4v) is 3.66. The van der Waals surface area contributed by atoms with Crippen LogP contribution in [-0.4, -0.2) is 32.3 Å². The van der Waals surface area contributed by atoms with Crippen LogP contribution in [0, 0.1) is 13.8 Å². The Morgan fingerprint density at radius 3 is 2.76 bits per heavy atom. The van der Waals surface area contributed by atoms with E-state index in [-0.39, 0.29) is 11.9 Å². The maximum Gasteiger partial charge on any atom is 0.223 e. The van der Waals surface area contributed by atoms with Crippen molar-refractivity contribution in [3.63, 3.8) is 0 Å². The smallest absolute Gasteiger partial charge is 0.223 e. The summed E-state index contributed by atoms with van der Waals surface area (Å²) in [6, 6.07) is 2.07. The quantitative estimate of drug-likeness (QED) is 0.833. The molecule has 1 amide bonds. The van der Waals surface area contributed by atoms with Crippen molar-refractivity contribution in [1.82, 2.24) is 19.8 Å². The van der Waals surface area contributed by atoms with Crippen molar-refractivity contribution in [3.05, 3.63) is 34.5 Å². The van der Waals surface area contributed by atoms with Gasteiger partial charge >= 0.3 is 0 Å². The number of amides is 1. The van der Waals surface area contributed by atoms with Crippen molar-refractivity contribution >= 4 is 5.91 Å². The number of rotatable bonds is 5. The van der Waals surface area contributed by atoms with Gasteiger partial charge in [0.15, 0.2) is 0 Å². The number of aromatic nitrogens is 3. The second kappa shape index (κ2) is 7.02. The molecule has 1 aliphatic heterocycles. The van der Waals surface area contributed by atoms with E-state index in [0.717, 1.165) is 48.6 Å². The van der Waals surface area contributed by atoms with Gasteiger partial charge in [0.25, 0.3) is 0 Å². The van der Waals surface area contributed by atoms with Gasteiger partial charge in [0, 0.05) is 37.7 Å². The van der Waals surface area contributed by atoms with Crippen LogP contribution >= 0.6 is 0 Å². The first-order valence-corrected chi connectivity index (χ1v) is 9.13. The number of aryl methyl sites for hydroxylation is 2. The molecule has 0 N–H and O–H groups in total. The van der Waals surface area contributed by atoms with Crippen LogP contribution in [0.25, 0.3) is 0 Å². The summed E-state index contributed by atoms with van der Waals surface area (Å²) < 4.78 is 7.32. The standard InChI is InChI=1S/C19H28N4O2/c1-12(2)18-11-16(21-25-18)17-7-6-10-23(17)19(24)9-8-15-13(3)20-22(5)14(15)4/h11-12,17H,6-10H2,1-5H3/t17-/m0/s1. The van der Waals surface area contributed by atoms with Crippen LogP contribution in [0.4, 0.5) is 0 Å². The summed E-state index contributed by atoms with van der Waals surface area (Å²) in [7, 11) is 1.95. The molecule has 2 aromatic heterocycles. The Labute approximate surface area is 149 Å². The van der Waals surface area contributed by atoms with Crippen molar-refractivity contribution in [3.8, 4) is 0 Å². The Bertz CT molecular complexity index is 760. The van der Waals surface area contributed by atoms with E-state index < -0.39 is 0 Å². The lowest BCUT2D eigenvalue weighted by Gasteiger charge is -2.23. The second-order valence-corrected chi connectivity index (χ2v) is 7.33. The van der Waals surface area contributed by atoms with Gasteiger partial charge in [-0.1, -0.05) is 19.0 Å². The lowest BCUT2D eigenvalue weighted by atomic mass is 10.1. The fraction of sp³-hybridized carbons (Fsp3) is 0.632. The summed E-state index contributed by atoms with van der Waals surface area (Å²) in [5.41, 5.74) is 4.24. The van der Waals surface area contributed by atoms with Gasteiger partial charge in [0.2, 0.25) is 5.91 Å². The normalized spacial score (nSPS) is 17.7. The Kier molecular flexibility index (Phi) is 4.97. The van der Waals surface area contributed by atoms with E-state index in [1.54, 1.807) is 0 Å². The van der Waals surface area contributed by atoms with Crippen molar-refractivity contribution < 1.29 is 9.32 Å². The number of hydrogen-bond donors (Lipinski definition) is 0. The molecule has 0 unspecified atom stereocenters. The number of carbonyl (C=O) groups excluding carboxylic acids is 1. The third kappa shape index (κ3) is 3.48. The molecule has 0 bridgehead atoms. The van der Waals surface area contributed by atoms with Crippen molar-refractivity contribution in [2.24, 2.45) is 7.05 Å². The average molecular weight is 344 g/mol. The predicted octanol–water partition coefficient (Wildman–Crippen LogP) is 3.44. The van der Waals surface area contributed by atoms with Gasteiger partial charge < -0.3 is 9.42 Å². The molecule has 1 fully saturated rings. The van der Waals surface area contributed by atoms with Crippen LogP contribution in [0.2, 0.25) is 0 Å². The zero-order chi connectivity index (χ0) is 18.1. The molecule has 0 aliphatic carbocycles. The van der Waals surface area contributed by atoms with Gasteiger partial charge in [-0.3, -0.25) is 9.48 Å². The molecule has 0 saturated carbocycles. The third-order valence-corrected chi connectivity index (χ3v) is 5.28. The first kappa shape index (κ1) is 17.7. The third-order valence-electron chi connectivity index (χ3n) is 5.28. The maximum atomic E-state index is 12.8. The van der Waals surface area contributed by atoms with E-state index in [4.69, 9.17) is 4.52 Å². The minimum atomic E-state index is 0.0554. The molecule has 136 valence electrons. The predicted molar refractivity (Wildman–Crippen MR) is 95.3 cm³/mol. The molecule has 6 nitrogen and oxygen atoms in total. The highest BCUT2D eigenvalue weighted by Gasteiger charge is 2.32. The summed E-state index contributed by atoms with van der Waals surface area (Å²) in [6.45, 7) is 9.04. The summed E-state index contributed by atoms with van der Waals surface area (Å²) in [6.07, 6.45) is 3.23. The van der Waals surface area contributed by atoms with Gasteiger partial charge in [-0.05, 0) is 38.7 Å². The minimum absolute atomic E-state index is 0.0554. The topological polar surface area (TPSA) is 64.2 Å². The molecule has 2 aromatic rings. The fourth-order valence-electron chi connectivity index (χ4n) is 3.66. The number of nitrogens with zero attached hydrogens (tertiary/aromatic N) is 4. The molecule has 1 saturated heterocycles. The second-order valence-electron chi connectivity index (χ2n) is 7.33. The van der Waals surface area contributed by atoms with Crippen LogP contribution in [0.3, 0.4) is 0 Å². The molecular formula is C19H28N4O2. The Balaban J connectivity index is 1.68. The van der Waals surface area contributed by atoms with E-state index in [9.17, 15) is 4.79 Å². The number of hydrogen-bond acceptors (Lipinski definition) is 4. The van der Waals surface area contributed by atoms with Gasteiger partial charge in [0.05, 0.1) is 11.7 Å². The number of likely N-dealkylation sites (tertiary alicyclic amines) is 1. The zero-order valence-electron chi connectivity index (χ0n) is 15.9. The highest BCUT2D eigenvalue weighted by atomic mass is 16.5. The van der Waals surface area contributed by atoms with Crippen LogP contribution < -0.4 is 0 Å². The van der Waals surface area contributed by atoms with Crippen LogP contribution in [0.5, 0.6) is 0 Å². The van der Waals surface area contributed by atoms with Gasteiger partial charge in [-0.15, -0.1) is 0 Å². The van der Waals surface area contributed by atoms with E-state index in [2.05, 4.69) is 31.0 Å². The molecule has 1 aliphatic rings. The highest BCUT2D eigenvalue weighted by molar-refractivity contribution is 5.77. The summed E-state index contributed by atoms with van der Waals surface area (Å²) in [5, 5.41) is 8.66. The molecule has 25 heavy (non-hydrogen) atoms. The largest absolute Gasteiger partial charge is 0.361 e. The molecular weight excluding hydrogens is 316 g/mol. The highest BCUT2D eigenvalue weighted by Crippen LogP contribution is 2.33. The van der Waals surface area contributed by atoms with Crippen molar-refractivity contribution in [1.29, 1.82) is 0 Å². The van der Waals surface area contributed by atoms with Gasteiger partial charge in [-0.2, -0.15) is 5.10 Å². The van der Waals surface area contributed by atoms with Crippen LogP contribution in [-0.2, 0) is 18.3 Å². The molecule has 6 heteroatoms. The molecule has 3 rings (SSSR count). The Morgan fingerprint density at radius 1 is 1.40 bits per heavy atom. The number of carbonyl (C=O) groups is 1. The molecule has 0 radical (unpaired) electrons. The zero-order valence-corrected chi connectivity index (χ0v) is 15.9. The van der Waals surface area contributed by atoms with Gasteiger partial charge in [-0.25, -0.2) is 0 Å². The van der Waals surface area contributed by atoms with Crippen LogP contribution in [0.15, 0.2) is 10.6 Å². The lowest BCUT2D eigenvalue weighted by Crippen LogP contribution is -2.31. The van der Waals surface area contributed by atoms with E-state index >= 15 is 0 Å². The first-order chi connectivity index (χ1) is 11.9.